The van der Waals surface area contributed by atoms with E-state index < -0.39 is 0 Å². The van der Waals surface area contributed by atoms with Gasteiger partial charge in [-0.2, -0.15) is 0 Å². The molecule has 3 aromatic heterocycles. The molecular weight excluding hydrogens is 1270 g/mol. The predicted octanol–water partition coefficient (Wildman–Crippen LogP) is 18.5. The highest BCUT2D eigenvalue weighted by atomic mass is 79.9. The molecule has 8 bridgehead atoms. The summed E-state index contributed by atoms with van der Waals surface area (Å²) in [6, 6.07) is 34.2. The maximum Gasteiger partial charge on any atom is 0.0891 e. The normalized spacial score (nSPS) is 12.9. The monoisotopic (exact) mass is 1290 g/mol. The minimum absolute atomic E-state index is 0.768. The number of halogens is 8. The Bertz CT molecular complexity index is 2820. The van der Waals surface area contributed by atoms with Gasteiger partial charge in [-0.15, -0.1) is 0 Å². The molecule has 2 aliphatic rings. The van der Waals surface area contributed by atoms with Gasteiger partial charge in [0.05, 0.1) is 80.7 Å². The number of hydrogen-bond acceptors (Lipinski definition) is 2. The van der Waals surface area contributed by atoms with Gasteiger partial charge in [0.1, 0.15) is 0 Å². The summed E-state index contributed by atoms with van der Waals surface area (Å²) >= 11 is 32.6. The van der Waals surface area contributed by atoms with Gasteiger partial charge >= 0.3 is 0 Å². The van der Waals surface area contributed by atoms with E-state index in [4.69, 9.17) is 9.97 Å². The molecule has 60 heavy (non-hydrogen) atoms. The number of fused-ring (bicyclic) bond motifs is 8. The summed E-state index contributed by atoms with van der Waals surface area (Å²) < 4.78 is 6.73. The molecule has 4 nitrogen and oxygen atoms in total. The second kappa shape index (κ2) is 16.8. The third kappa shape index (κ3) is 7.32. The Labute approximate surface area is 414 Å². The van der Waals surface area contributed by atoms with E-state index >= 15 is 0 Å². The molecule has 0 spiro atoms. The maximum atomic E-state index is 5.62. The summed E-state index contributed by atoms with van der Waals surface area (Å²) in [6.45, 7) is 8.45. The topological polar surface area (TPSA) is 57.4 Å². The van der Waals surface area contributed by atoms with E-state index in [2.05, 4.69) is 262 Å². The summed E-state index contributed by atoms with van der Waals surface area (Å²) in [5.41, 5.74) is 18.7. The number of H-pyrrole nitrogens is 2. The van der Waals surface area contributed by atoms with Gasteiger partial charge in [-0.25, -0.2) is 9.97 Å². The van der Waals surface area contributed by atoms with Gasteiger partial charge in [-0.1, -0.05) is 119 Å². The smallest absolute Gasteiger partial charge is 0.0891 e. The zero-order chi connectivity index (χ0) is 42.3. The van der Waals surface area contributed by atoms with E-state index in [-0.39, 0.29) is 0 Å². The predicted molar refractivity (Wildman–Crippen MR) is 282 cm³/mol. The Hall–Kier alpha value is -2.68. The van der Waals surface area contributed by atoms with Crippen LogP contribution in [0.15, 0.2) is 115 Å². The van der Waals surface area contributed by atoms with Crippen molar-refractivity contribution in [2.45, 2.75) is 27.7 Å². The summed E-state index contributed by atoms with van der Waals surface area (Å²) in [7, 11) is 0. The summed E-state index contributed by atoms with van der Waals surface area (Å²) in [6.07, 6.45) is 0. The lowest BCUT2D eigenvalue weighted by Gasteiger charge is -2.09. The third-order valence-corrected chi connectivity index (χ3v) is 19.0. The zero-order valence-electron chi connectivity index (χ0n) is 32.2. The largest absolute Gasteiger partial charge is 0.352 e. The van der Waals surface area contributed by atoms with E-state index in [9.17, 15) is 0 Å². The minimum atomic E-state index is 0.768. The Morgan fingerprint density at radius 2 is 0.550 bits per heavy atom. The molecule has 298 valence electrons. The lowest BCUT2D eigenvalue weighted by atomic mass is 10.0. The Balaban J connectivity index is 1.64. The second-order valence-electron chi connectivity index (χ2n) is 14.9. The van der Waals surface area contributed by atoms with Crippen LogP contribution in [0, 0.1) is 27.7 Å². The highest BCUT2D eigenvalue weighted by molar-refractivity contribution is 9.18. The van der Waals surface area contributed by atoms with Crippen molar-refractivity contribution >= 4 is 167 Å². The highest BCUT2D eigenvalue weighted by Gasteiger charge is 2.31. The SMILES string of the molecule is Cc1cccc(-c2c3nc(c(-c4cccc(C)c4)c4[nH]c(c(Br)c4Br)c(-c4cccc(C)c4)c4nc(c(-c5cccc(C)c5)c5[nH]c2c(Br)c5Br)C(Br)=C4Br)C(Br)=C3Br)c1. The number of aromatic amines is 2. The van der Waals surface area contributed by atoms with Crippen molar-refractivity contribution in [3.63, 3.8) is 0 Å². The number of benzene rings is 4. The van der Waals surface area contributed by atoms with Crippen LogP contribution in [0.5, 0.6) is 0 Å². The maximum absolute atomic E-state index is 5.62. The van der Waals surface area contributed by atoms with E-state index in [0.29, 0.717) is 0 Å². The molecule has 0 fully saturated rings. The number of nitrogens with zero attached hydrogens (tertiary/aromatic N) is 2. The first-order valence-electron chi connectivity index (χ1n) is 18.7. The van der Waals surface area contributed by atoms with Crippen LogP contribution in [-0.2, 0) is 0 Å². The number of rotatable bonds is 4. The first-order valence-corrected chi connectivity index (χ1v) is 25.0. The van der Waals surface area contributed by atoms with Crippen LogP contribution in [0.2, 0.25) is 0 Å². The molecule has 0 radical (unpaired) electrons. The van der Waals surface area contributed by atoms with Crippen molar-refractivity contribution in [1.29, 1.82) is 0 Å². The quantitative estimate of drug-likeness (QED) is 0.185. The van der Waals surface area contributed by atoms with Gasteiger partial charge < -0.3 is 9.97 Å². The summed E-state index contributed by atoms with van der Waals surface area (Å²) in [5.74, 6) is 0. The van der Waals surface area contributed by atoms with E-state index in [1.807, 2.05) is 0 Å². The molecule has 9 rings (SSSR count). The van der Waals surface area contributed by atoms with Crippen molar-refractivity contribution < 1.29 is 0 Å². The molecule has 12 heteroatoms. The van der Waals surface area contributed by atoms with Gasteiger partial charge in [0.2, 0.25) is 0 Å². The summed E-state index contributed by atoms with van der Waals surface area (Å²) in [5, 5.41) is 0. The molecule has 5 heterocycles. The van der Waals surface area contributed by atoms with Crippen LogP contribution >= 0.6 is 127 Å². The van der Waals surface area contributed by atoms with Crippen LogP contribution in [0.25, 0.3) is 84.5 Å². The molecule has 0 aliphatic carbocycles. The standard InChI is InChI=1S/C48H30Br8N4/c1-21-9-5-13-25(17-21)29-41-33(49)35(51)43(57-41)30(26-14-6-10-22(2)18-26)45-37(53)39(55)47(59-45)32(28-16-8-12-24(4)20-28)48-40(56)38(54)46(60-48)31(27-15-7-11-23(3)19-27)44-36(52)34(50)42(29)58-44/h5-20,57,60H,1-4H3. The van der Waals surface area contributed by atoms with Crippen LogP contribution in [-0.4, -0.2) is 19.9 Å². The van der Waals surface area contributed by atoms with Gasteiger partial charge in [0, 0.05) is 22.3 Å². The van der Waals surface area contributed by atoms with E-state index in [1.165, 1.54) is 0 Å². The van der Waals surface area contributed by atoms with Crippen molar-refractivity contribution in [3.8, 4) is 44.5 Å². The Morgan fingerprint density at radius 3 is 0.750 bits per heavy atom. The third-order valence-electron chi connectivity index (χ3n) is 10.6. The molecular formula is C48H30Br8N4. The van der Waals surface area contributed by atoms with Crippen LogP contribution in [0.3, 0.4) is 0 Å². The number of nitrogens with one attached hydrogen (secondary N) is 2. The fraction of sp³-hybridized carbons (Fsp3) is 0.0833. The van der Waals surface area contributed by atoms with Gasteiger partial charge in [0.25, 0.3) is 0 Å². The summed E-state index contributed by atoms with van der Waals surface area (Å²) in [4.78, 5) is 19.1. The number of aromatic nitrogens is 4. The van der Waals surface area contributed by atoms with Crippen molar-refractivity contribution in [2.24, 2.45) is 0 Å². The lowest BCUT2D eigenvalue weighted by molar-refractivity contribution is 1.30. The van der Waals surface area contributed by atoms with Crippen LogP contribution in [0.4, 0.5) is 0 Å². The lowest BCUT2D eigenvalue weighted by Crippen LogP contribution is -1.91. The fourth-order valence-corrected chi connectivity index (χ4v) is 11.8. The van der Waals surface area contributed by atoms with Gasteiger partial charge in [-0.3, -0.25) is 0 Å². The zero-order valence-corrected chi connectivity index (χ0v) is 44.8. The van der Waals surface area contributed by atoms with Crippen molar-refractivity contribution in [3.05, 3.63) is 160 Å². The molecule has 2 N–H and O–H groups in total. The second-order valence-corrected chi connectivity index (χ2v) is 21.2. The number of aryl methyl sites for hydroxylation is 4. The molecule has 0 saturated carbocycles. The van der Waals surface area contributed by atoms with E-state index in [1.54, 1.807) is 0 Å². The van der Waals surface area contributed by atoms with Gasteiger partial charge in [0.15, 0.2) is 0 Å². The Kier molecular flexibility index (Phi) is 11.9. The van der Waals surface area contributed by atoms with Crippen LogP contribution < -0.4 is 0 Å². The molecule has 0 amide bonds. The van der Waals surface area contributed by atoms with Gasteiger partial charge in [-0.05, 0) is 177 Å². The van der Waals surface area contributed by atoms with Crippen molar-refractivity contribution in [2.75, 3.05) is 0 Å². The molecule has 2 aliphatic heterocycles. The number of hydrogen-bond donors (Lipinski definition) is 2. The molecule has 4 aromatic carbocycles. The van der Waals surface area contributed by atoms with E-state index in [0.717, 1.165) is 147 Å². The highest BCUT2D eigenvalue weighted by Crippen LogP contribution is 2.53. The molecule has 0 unspecified atom stereocenters. The first-order chi connectivity index (χ1) is 28.7. The Morgan fingerprint density at radius 1 is 0.333 bits per heavy atom. The average molecular weight is 1300 g/mol. The molecule has 7 aromatic rings. The first kappa shape index (κ1) is 42.6. The van der Waals surface area contributed by atoms with Crippen molar-refractivity contribution in [1.82, 2.24) is 19.9 Å². The molecule has 0 saturated heterocycles. The minimum Gasteiger partial charge on any atom is -0.352 e. The average Bonchev–Trinajstić information content (AvgIpc) is 3.87. The molecule has 0 atom stereocenters. The fourth-order valence-electron chi connectivity index (χ4n) is 7.90. The van der Waals surface area contributed by atoms with Crippen LogP contribution in [0.1, 0.15) is 45.0 Å².